The van der Waals surface area contributed by atoms with Crippen LogP contribution in [-0.4, -0.2) is 46.2 Å². The predicted octanol–water partition coefficient (Wildman–Crippen LogP) is 0.263. The maximum atomic E-state index is 11.8. The van der Waals surface area contributed by atoms with Crippen LogP contribution in [-0.2, 0) is 4.74 Å². The van der Waals surface area contributed by atoms with Crippen LogP contribution in [0.2, 0.25) is 0 Å². The summed E-state index contributed by atoms with van der Waals surface area (Å²) >= 11 is 0. The van der Waals surface area contributed by atoms with Crippen molar-refractivity contribution in [1.82, 2.24) is 15.3 Å². The zero-order chi connectivity index (χ0) is 13.1. The molecule has 0 aliphatic rings. The van der Waals surface area contributed by atoms with Gasteiger partial charge in [-0.05, 0) is 13.8 Å². The number of aromatic amines is 1. The molecule has 0 atom stereocenters. The molecule has 1 amide bonds. The number of hydrogen-bond donors (Lipinski definition) is 3. The van der Waals surface area contributed by atoms with E-state index in [1.807, 2.05) is 0 Å². The maximum absolute atomic E-state index is 11.8. The smallest absolute Gasteiger partial charge is 0.354 e. The Morgan fingerprint density at radius 2 is 2.24 bits per heavy atom. The van der Waals surface area contributed by atoms with Crippen LogP contribution in [0.4, 0.5) is 0 Å². The standard InChI is InChI=1S/C10H15N3O4/c1-10(2,4-17-3)13-8(14)6-7(9(15)16)12-5-11-6/h5H,4H2,1-3H3,(H,11,12)(H,13,14)(H,15,16). The van der Waals surface area contributed by atoms with Crippen LogP contribution in [0.1, 0.15) is 34.8 Å². The molecule has 1 aromatic rings. The number of hydrogen-bond acceptors (Lipinski definition) is 4. The van der Waals surface area contributed by atoms with Crippen molar-refractivity contribution in [2.75, 3.05) is 13.7 Å². The van der Waals surface area contributed by atoms with Crippen LogP contribution in [0, 0.1) is 0 Å². The Morgan fingerprint density at radius 3 is 2.76 bits per heavy atom. The summed E-state index contributed by atoms with van der Waals surface area (Å²) in [5.41, 5.74) is -0.960. The summed E-state index contributed by atoms with van der Waals surface area (Å²) < 4.78 is 4.94. The first-order valence-electron chi connectivity index (χ1n) is 4.95. The lowest BCUT2D eigenvalue weighted by Gasteiger charge is -2.24. The molecule has 7 heteroatoms. The number of carbonyl (C=O) groups is 2. The molecule has 3 N–H and O–H groups in total. The molecule has 0 aliphatic carbocycles. The molecular weight excluding hydrogens is 226 g/mol. The number of imidazole rings is 1. The summed E-state index contributed by atoms with van der Waals surface area (Å²) in [6.07, 6.45) is 1.17. The second-order valence-electron chi connectivity index (χ2n) is 4.20. The summed E-state index contributed by atoms with van der Waals surface area (Å²) in [6.45, 7) is 3.84. The second kappa shape index (κ2) is 4.96. The van der Waals surface area contributed by atoms with Gasteiger partial charge in [0.15, 0.2) is 11.4 Å². The number of carboxylic acids is 1. The third-order valence-corrected chi connectivity index (χ3v) is 2.03. The Balaban J connectivity index is 2.83. The minimum atomic E-state index is -1.22. The van der Waals surface area contributed by atoms with E-state index >= 15 is 0 Å². The average molecular weight is 241 g/mol. The third-order valence-electron chi connectivity index (χ3n) is 2.03. The Hall–Kier alpha value is -1.89. The summed E-state index contributed by atoms with van der Waals surface area (Å²) in [5, 5.41) is 11.5. The number of nitrogens with zero attached hydrogens (tertiary/aromatic N) is 1. The van der Waals surface area contributed by atoms with Crippen LogP contribution in [0.25, 0.3) is 0 Å². The van der Waals surface area contributed by atoms with E-state index in [2.05, 4.69) is 15.3 Å². The molecule has 0 aliphatic heterocycles. The van der Waals surface area contributed by atoms with Gasteiger partial charge in [0, 0.05) is 7.11 Å². The third kappa shape index (κ3) is 3.28. The van der Waals surface area contributed by atoms with Crippen LogP contribution in [0.15, 0.2) is 6.33 Å². The van der Waals surface area contributed by atoms with Gasteiger partial charge in [-0.25, -0.2) is 9.78 Å². The molecule has 1 rings (SSSR count). The molecule has 0 fully saturated rings. The van der Waals surface area contributed by atoms with Crippen molar-refractivity contribution < 1.29 is 19.4 Å². The lowest BCUT2D eigenvalue weighted by Crippen LogP contribution is -2.47. The average Bonchev–Trinajstić information content (AvgIpc) is 2.64. The van der Waals surface area contributed by atoms with Gasteiger partial charge < -0.3 is 20.1 Å². The van der Waals surface area contributed by atoms with Crippen LogP contribution in [0.3, 0.4) is 0 Å². The highest BCUT2D eigenvalue weighted by atomic mass is 16.5. The van der Waals surface area contributed by atoms with Gasteiger partial charge in [0.25, 0.3) is 5.91 Å². The van der Waals surface area contributed by atoms with Crippen molar-refractivity contribution >= 4 is 11.9 Å². The molecule has 0 spiro atoms. The Labute approximate surface area is 98.2 Å². The minimum absolute atomic E-state index is 0.137. The number of rotatable bonds is 5. The molecule has 0 unspecified atom stereocenters. The molecule has 0 saturated carbocycles. The summed E-state index contributed by atoms with van der Waals surface area (Å²) in [4.78, 5) is 28.7. The van der Waals surface area contributed by atoms with Gasteiger partial charge in [0.05, 0.1) is 18.5 Å². The highest BCUT2D eigenvalue weighted by molar-refractivity contribution is 6.02. The fraction of sp³-hybridized carbons (Fsp3) is 0.500. The van der Waals surface area contributed by atoms with Gasteiger partial charge in [0.2, 0.25) is 0 Å². The number of aromatic carboxylic acids is 1. The van der Waals surface area contributed by atoms with E-state index in [-0.39, 0.29) is 11.4 Å². The Morgan fingerprint density at radius 1 is 1.59 bits per heavy atom. The first-order chi connectivity index (χ1) is 7.87. The predicted molar refractivity (Wildman–Crippen MR) is 59.0 cm³/mol. The van der Waals surface area contributed by atoms with E-state index in [0.29, 0.717) is 6.61 Å². The number of nitrogens with one attached hydrogen (secondary N) is 2. The highest BCUT2D eigenvalue weighted by Crippen LogP contribution is 2.07. The number of methoxy groups -OCH3 is 1. The van der Waals surface area contributed by atoms with Gasteiger partial charge in [-0.3, -0.25) is 4.79 Å². The minimum Gasteiger partial charge on any atom is -0.477 e. The SMILES string of the molecule is COCC(C)(C)NC(=O)c1nc[nH]c1C(=O)O. The van der Waals surface area contributed by atoms with E-state index in [4.69, 9.17) is 9.84 Å². The first kappa shape index (κ1) is 13.2. The van der Waals surface area contributed by atoms with Gasteiger partial charge in [-0.1, -0.05) is 0 Å². The lowest BCUT2D eigenvalue weighted by atomic mass is 10.1. The lowest BCUT2D eigenvalue weighted by molar-refractivity contribution is 0.0679. The molecular formula is C10H15N3O4. The normalized spacial score (nSPS) is 11.2. The molecule has 1 aromatic heterocycles. The van der Waals surface area contributed by atoms with Gasteiger partial charge in [-0.15, -0.1) is 0 Å². The van der Waals surface area contributed by atoms with E-state index in [9.17, 15) is 9.59 Å². The summed E-state index contributed by atoms with van der Waals surface area (Å²) in [6, 6.07) is 0. The molecule has 0 saturated heterocycles. The van der Waals surface area contributed by atoms with Crippen LogP contribution >= 0.6 is 0 Å². The van der Waals surface area contributed by atoms with Crippen molar-refractivity contribution in [1.29, 1.82) is 0 Å². The molecule has 17 heavy (non-hydrogen) atoms. The van der Waals surface area contributed by atoms with Gasteiger partial charge >= 0.3 is 5.97 Å². The van der Waals surface area contributed by atoms with Gasteiger partial charge in [-0.2, -0.15) is 0 Å². The topological polar surface area (TPSA) is 104 Å². The number of carboxylic acid groups (broad SMARTS) is 1. The Bertz CT molecular complexity index is 425. The first-order valence-corrected chi connectivity index (χ1v) is 4.95. The highest BCUT2D eigenvalue weighted by Gasteiger charge is 2.25. The number of aromatic nitrogens is 2. The quantitative estimate of drug-likeness (QED) is 0.686. The second-order valence-corrected chi connectivity index (χ2v) is 4.20. The number of ether oxygens (including phenoxy) is 1. The zero-order valence-electron chi connectivity index (χ0n) is 9.90. The van der Waals surface area contributed by atoms with Crippen molar-refractivity contribution in [3.63, 3.8) is 0 Å². The zero-order valence-corrected chi connectivity index (χ0v) is 9.90. The van der Waals surface area contributed by atoms with Crippen molar-refractivity contribution in [3.05, 3.63) is 17.7 Å². The maximum Gasteiger partial charge on any atom is 0.354 e. The summed E-state index contributed by atoms with van der Waals surface area (Å²) in [7, 11) is 1.52. The van der Waals surface area contributed by atoms with E-state index in [1.54, 1.807) is 13.8 Å². The van der Waals surface area contributed by atoms with Gasteiger partial charge in [0.1, 0.15) is 0 Å². The van der Waals surface area contributed by atoms with Crippen molar-refractivity contribution in [2.24, 2.45) is 0 Å². The fourth-order valence-corrected chi connectivity index (χ4v) is 1.39. The molecule has 1 heterocycles. The number of amides is 1. The summed E-state index contributed by atoms with van der Waals surface area (Å²) in [5.74, 6) is -1.78. The molecule has 94 valence electrons. The molecule has 0 radical (unpaired) electrons. The fourth-order valence-electron chi connectivity index (χ4n) is 1.39. The van der Waals surface area contributed by atoms with Crippen molar-refractivity contribution in [3.8, 4) is 0 Å². The Kier molecular flexibility index (Phi) is 3.84. The van der Waals surface area contributed by atoms with Crippen LogP contribution in [0.5, 0.6) is 0 Å². The molecule has 0 aromatic carbocycles. The van der Waals surface area contributed by atoms with E-state index in [0.717, 1.165) is 0 Å². The van der Waals surface area contributed by atoms with E-state index in [1.165, 1.54) is 13.4 Å². The van der Waals surface area contributed by atoms with Crippen LogP contribution < -0.4 is 5.32 Å². The monoisotopic (exact) mass is 241 g/mol. The molecule has 0 bridgehead atoms. The molecule has 7 nitrogen and oxygen atoms in total. The van der Waals surface area contributed by atoms with E-state index < -0.39 is 17.4 Å². The largest absolute Gasteiger partial charge is 0.477 e. The number of carbonyl (C=O) groups excluding carboxylic acids is 1. The number of H-pyrrole nitrogens is 1. The van der Waals surface area contributed by atoms with Crippen molar-refractivity contribution in [2.45, 2.75) is 19.4 Å².